The second-order valence-electron chi connectivity index (χ2n) is 7.82. The van der Waals surface area contributed by atoms with Crippen molar-refractivity contribution in [2.75, 3.05) is 25.0 Å². The van der Waals surface area contributed by atoms with Crippen molar-refractivity contribution in [3.8, 4) is 11.3 Å². The Bertz CT molecular complexity index is 1110. The number of aromatic nitrogens is 2. The first-order valence-electron chi connectivity index (χ1n) is 11.0. The average Bonchev–Trinajstić information content (AvgIpc) is 3.32. The molecule has 1 N–H and O–H groups in total. The molecule has 6 heteroatoms. The normalized spacial score (nSPS) is 14.1. The Morgan fingerprint density at radius 2 is 1.97 bits per heavy atom. The smallest absolute Gasteiger partial charge is 0.223 e. The van der Waals surface area contributed by atoms with Gasteiger partial charge < -0.3 is 10.2 Å². The zero-order valence-corrected chi connectivity index (χ0v) is 18.3. The number of halogens is 1. The maximum absolute atomic E-state index is 13.3. The molecule has 5 nitrogen and oxygen atoms in total. The van der Waals surface area contributed by atoms with E-state index in [4.69, 9.17) is 0 Å². The topological polar surface area (TPSA) is 53.4 Å². The second-order valence-corrected chi connectivity index (χ2v) is 7.82. The molecule has 0 fully saturated rings. The number of hydrogen-bond acceptors (Lipinski definition) is 5. The number of rotatable bonds is 9. The van der Waals surface area contributed by atoms with Crippen molar-refractivity contribution in [3.63, 3.8) is 0 Å². The van der Waals surface area contributed by atoms with Crippen molar-refractivity contribution < 1.29 is 4.39 Å². The zero-order chi connectivity index (χ0) is 22.2. The minimum absolute atomic E-state index is 0.213. The number of nitrogens with zero attached hydrogens (tertiary/aromatic N) is 4. The molecule has 3 aromatic rings. The summed E-state index contributed by atoms with van der Waals surface area (Å²) in [6.07, 6.45) is 7.68. The summed E-state index contributed by atoms with van der Waals surface area (Å²) >= 11 is 0. The van der Waals surface area contributed by atoms with E-state index >= 15 is 0 Å². The van der Waals surface area contributed by atoms with Gasteiger partial charge in [-0.2, -0.15) is 0 Å². The van der Waals surface area contributed by atoms with Crippen molar-refractivity contribution in [2.45, 2.75) is 26.3 Å². The molecule has 0 atom stereocenters. The first kappa shape index (κ1) is 21.7. The summed E-state index contributed by atoms with van der Waals surface area (Å²) in [7, 11) is 0. The van der Waals surface area contributed by atoms with Crippen LogP contribution in [-0.2, 0) is 13.0 Å². The van der Waals surface area contributed by atoms with Gasteiger partial charge in [0.25, 0.3) is 0 Å². The molecule has 1 aliphatic rings. The molecule has 2 heterocycles. The highest BCUT2D eigenvalue weighted by Crippen LogP contribution is 2.20. The third kappa shape index (κ3) is 6.00. The SMILES string of the molecule is CCN(/C=C1\C=NCC1)Cc1cccc(-c2ccnc(NCCc3cccc(F)c3)n2)c1. The number of aliphatic imine (C=N–C) groups is 1. The van der Waals surface area contributed by atoms with Gasteiger partial charge in [-0.15, -0.1) is 0 Å². The molecule has 0 bridgehead atoms. The Balaban J connectivity index is 1.41. The Labute approximate surface area is 188 Å². The van der Waals surface area contributed by atoms with Gasteiger partial charge in [-0.25, -0.2) is 14.4 Å². The van der Waals surface area contributed by atoms with Crippen molar-refractivity contribution in [1.82, 2.24) is 14.9 Å². The highest BCUT2D eigenvalue weighted by Gasteiger charge is 2.07. The Hall–Kier alpha value is -3.54. The fraction of sp³-hybridized carbons (Fsp3) is 0.269. The summed E-state index contributed by atoms with van der Waals surface area (Å²) in [5.74, 6) is 0.361. The minimum atomic E-state index is -0.213. The highest BCUT2D eigenvalue weighted by molar-refractivity contribution is 5.80. The summed E-state index contributed by atoms with van der Waals surface area (Å²) in [6, 6.07) is 17.1. The zero-order valence-electron chi connectivity index (χ0n) is 18.3. The molecule has 32 heavy (non-hydrogen) atoms. The summed E-state index contributed by atoms with van der Waals surface area (Å²) in [5.41, 5.74) is 5.40. The van der Waals surface area contributed by atoms with E-state index < -0.39 is 0 Å². The second kappa shape index (κ2) is 10.7. The largest absolute Gasteiger partial charge is 0.373 e. The first-order valence-corrected chi connectivity index (χ1v) is 11.0. The van der Waals surface area contributed by atoms with Gasteiger partial charge in [0.2, 0.25) is 5.95 Å². The molecule has 1 aromatic heterocycles. The minimum Gasteiger partial charge on any atom is -0.373 e. The standard InChI is InChI=1S/C26H28FN5/c1-2-32(19-22-9-12-28-17-22)18-21-6-3-7-23(15-21)25-11-14-30-26(31-25)29-13-10-20-5-4-8-24(27)16-20/h3-8,11,14-17,19H,2,9-10,12-13,18H2,1H3,(H,29,30,31)/b22-19-. The van der Waals surface area contributed by atoms with Crippen LogP contribution >= 0.6 is 0 Å². The van der Waals surface area contributed by atoms with Gasteiger partial charge in [0.05, 0.1) is 5.69 Å². The molecule has 2 aromatic carbocycles. The summed E-state index contributed by atoms with van der Waals surface area (Å²) in [5, 5.41) is 3.25. The Morgan fingerprint density at radius 3 is 2.78 bits per heavy atom. The molecule has 0 amide bonds. The number of hydrogen-bond donors (Lipinski definition) is 1. The van der Waals surface area contributed by atoms with E-state index in [9.17, 15) is 4.39 Å². The molecular weight excluding hydrogens is 401 g/mol. The van der Waals surface area contributed by atoms with Gasteiger partial charge in [0.15, 0.2) is 0 Å². The Morgan fingerprint density at radius 1 is 1.09 bits per heavy atom. The molecule has 0 spiro atoms. The molecule has 0 saturated heterocycles. The van der Waals surface area contributed by atoms with E-state index in [-0.39, 0.29) is 5.82 Å². The van der Waals surface area contributed by atoms with Crippen LogP contribution in [0.4, 0.5) is 10.3 Å². The highest BCUT2D eigenvalue weighted by atomic mass is 19.1. The van der Waals surface area contributed by atoms with Crippen LogP contribution in [0.1, 0.15) is 24.5 Å². The van der Waals surface area contributed by atoms with Crippen molar-refractivity contribution in [3.05, 3.63) is 89.5 Å². The van der Waals surface area contributed by atoms with E-state index in [1.807, 2.05) is 18.3 Å². The van der Waals surface area contributed by atoms with Crippen LogP contribution < -0.4 is 5.32 Å². The van der Waals surface area contributed by atoms with Gasteiger partial charge >= 0.3 is 0 Å². The molecule has 0 saturated carbocycles. The molecule has 0 aliphatic carbocycles. The number of anilines is 1. The van der Waals surface area contributed by atoms with Gasteiger partial charge in [-0.3, -0.25) is 4.99 Å². The quantitative estimate of drug-likeness (QED) is 0.513. The lowest BCUT2D eigenvalue weighted by atomic mass is 10.1. The predicted octanol–water partition coefficient (Wildman–Crippen LogP) is 5.12. The molecule has 0 radical (unpaired) electrons. The first-order chi connectivity index (χ1) is 15.7. The molecule has 1 aliphatic heterocycles. The third-order valence-electron chi connectivity index (χ3n) is 5.39. The molecule has 164 valence electrons. The van der Waals surface area contributed by atoms with E-state index in [0.29, 0.717) is 18.9 Å². The average molecular weight is 430 g/mol. The van der Waals surface area contributed by atoms with Crippen molar-refractivity contribution in [2.24, 2.45) is 4.99 Å². The molecular formula is C26H28FN5. The van der Waals surface area contributed by atoms with Crippen LogP contribution in [-0.4, -0.2) is 40.7 Å². The monoisotopic (exact) mass is 429 g/mol. The van der Waals surface area contributed by atoms with Crippen molar-refractivity contribution >= 4 is 12.2 Å². The summed E-state index contributed by atoms with van der Waals surface area (Å²) in [4.78, 5) is 15.6. The number of benzene rings is 2. The van der Waals surface area contributed by atoms with E-state index in [1.165, 1.54) is 17.2 Å². The van der Waals surface area contributed by atoms with Crippen LogP contribution in [0.2, 0.25) is 0 Å². The maximum atomic E-state index is 13.3. The van der Waals surface area contributed by atoms with E-state index in [2.05, 4.69) is 62.6 Å². The van der Waals surface area contributed by atoms with Crippen LogP contribution in [0.5, 0.6) is 0 Å². The van der Waals surface area contributed by atoms with Gasteiger partial charge in [-0.1, -0.05) is 30.3 Å². The van der Waals surface area contributed by atoms with Gasteiger partial charge in [0.1, 0.15) is 5.82 Å². The third-order valence-corrected chi connectivity index (χ3v) is 5.39. The van der Waals surface area contributed by atoms with Crippen LogP contribution in [0.3, 0.4) is 0 Å². The summed E-state index contributed by atoms with van der Waals surface area (Å²) in [6.45, 7) is 5.47. The van der Waals surface area contributed by atoms with Crippen LogP contribution in [0.25, 0.3) is 11.3 Å². The fourth-order valence-electron chi connectivity index (χ4n) is 3.70. The molecule has 0 unspecified atom stereocenters. The van der Waals surface area contributed by atoms with E-state index in [0.717, 1.165) is 42.9 Å². The lowest BCUT2D eigenvalue weighted by Crippen LogP contribution is -2.17. The lowest BCUT2D eigenvalue weighted by Gasteiger charge is -2.19. The van der Waals surface area contributed by atoms with E-state index in [1.54, 1.807) is 18.3 Å². The molecule has 4 rings (SSSR count). The van der Waals surface area contributed by atoms with Gasteiger partial charge in [-0.05, 0) is 60.7 Å². The fourth-order valence-corrected chi connectivity index (χ4v) is 3.70. The predicted molar refractivity (Wildman–Crippen MR) is 128 cm³/mol. The number of nitrogens with one attached hydrogen (secondary N) is 1. The Kier molecular flexibility index (Phi) is 7.23. The van der Waals surface area contributed by atoms with Crippen molar-refractivity contribution in [1.29, 1.82) is 0 Å². The lowest BCUT2D eigenvalue weighted by molar-refractivity contribution is 0.387. The summed E-state index contributed by atoms with van der Waals surface area (Å²) < 4.78 is 13.3. The van der Waals surface area contributed by atoms with Crippen LogP contribution in [0, 0.1) is 5.82 Å². The van der Waals surface area contributed by atoms with Crippen LogP contribution in [0.15, 0.2) is 77.6 Å². The maximum Gasteiger partial charge on any atom is 0.223 e. The van der Waals surface area contributed by atoms with Gasteiger partial charge in [0, 0.05) is 50.4 Å².